The Balaban J connectivity index is 2.09. The number of benzene rings is 1. The molecule has 1 nitrogen and oxygen atoms in total. The summed E-state index contributed by atoms with van der Waals surface area (Å²) in [6.07, 6.45) is 4.57. The molecule has 1 unspecified atom stereocenters. The maximum atomic E-state index is 9.63. The molecule has 14 heavy (non-hydrogen) atoms. The first kappa shape index (κ1) is 9.72. The number of aliphatic hydroxyl groups excluding tert-OH is 1. The lowest BCUT2D eigenvalue weighted by Gasteiger charge is -2.26. The molecule has 1 aliphatic carbocycles. The van der Waals surface area contributed by atoms with Crippen LogP contribution in [0.15, 0.2) is 24.3 Å². The Morgan fingerprint density at radius 3 is 2.36 bits per heavy atom. The van der Waals surface area contributed by atoms with Gasteiger partial charge >= 0.3 is 0 Å². The highest BCUT2D eigenvalue weighted by Crippen LogP contribution is 2.36. The summed E-state index contributed by atoms with van der Waals surface area (Å²) < 4.78 is 0. The third-order valence-corrected chi connectivity index (χ3v) is 3.28. The highest BCUT2D eigenvalue weighted by atomic mass is 16.3. The highest BCUT2D eigenvalue weighted by molar-refractivity contribution is 5.27. The topological polar surface area (TPSA) is 20.2 Å². The predicted molar refractivity (Wildman–Crippen MR) is 58.3 cm³/mol. The van der Waals surface area contributed by atoms with Crippen LogP contribution in [0.5, 0.6) is 0 Å². The molecule has 2 rings (SSSR count). The summed E-state index contributed by atoms with van der Waals surface area (Å²) in [5, 5.41) is 9.63. The standard InChI is InChI=1S/C13H18O/c1-2-13(14)12-8-6-11(7-9-12)10-4-3-5-10/h6-10,13-14H,2-5H2,1H3. The highest BCUT2D eigenvalue weighted by Gasteiger charge is 2.19. The van der Waals surface area contributed by atoms with Crippen molar-refractivity contribution >= 4 is 0 Å². The summed E-state index contributed by atoms with van der Waals surface area (Å²) in [6.45, 7) is 2.00. The Hall–Kier alpha value is -0.820. The molecule has 76 valence electrons. The number of aliphatic hydroxyl groups is 1. The van der Waals surface area contributed by atoms with E-state index in [-0.39, 0.29) is 6.10 Å². The van der Waals surface area contributed by atoms with Crippen molar-refractivity contribution in [1.82, 2.24) is 0 Å². The van der Waals surface area contributed by atoms with Gasteiger partial charge in [0.15, 0.2) is 0 Å². The Morgan fingerprint density at radius 1 is 1.29 bits per heavy atom. The van der Waals surface area contributed by atoms with Crippen LogP contribution in [0.3, 0.4) is 0 Å². The van der Waals surface area contributed by atoms with Gasteiger partial charge in [0.05, 0.1) is 6.10 Å². The fraction of sp³-hybridized carbons (Fsp3) is 0.538. The summed E-state index contributed by atoms with van der Waals surface area (Å²) in [5.41, 5.74) is 2.50. The second-order valence-corrected chi connectivity index (χ2v) is 4.22. The van der Waals surface area contributed by atoms with Gasteiger partial charge < -0.3 is 5.11 Å². The molecule has 1 aromatic rings. The van der Waals surface area contributed by atoms with Crippen molar-refractivity contribution in [2.75, 3.05) is 0 Å². The van der Waals surface area contributed by atoms with Gasteiger partial charge in [0, 0.05) is 0 Å². The van der Waals surface area contributed by atoms with Gasteiger partial charge in [-0.3, -0.25) is 0 Å². The zero-order valence-corrected chi connectivity index (χ0v) is 8.74. The van der Waals surface area contributed by atoms with E-state index in [2.05, 4.69) is 24.3 Å². The Labute approximate surface area is 85.8 Å². The fourth-order valence-corrected chi connectivity index (χ4v) is 1.97. The minimum Gasteiger partial charge on any atom is -0.388 e. The Bertz CT molecular complexity index is 261. The molecule has 0 amide bonds. The van der Waals surface area contributed by atoms with Crippen LogP contribution in [0.1, 0.15) is 55.8 Å². The average Bonchev–Trinajstić information content (AvgIpc) is 2.15. The van der Waals surface area contributed by atoms with Crippen LogP contribution >= 0.6 is 0 Å². The van der Waals surface area contributed by atoms with Crippen LogP contribution in [-0.2, 0) is 0 Å². The van der Waals surface area contributed by atoms with Crippen LogP contribution in [0.25, 0.3) is 0 Å². The van der Waals surface area contributed by atoms with Crippen molar-refractivity contribution < 1.29 is 5.11 Å². The molecular weight excluding hydrogens is 172 g/mol. The van der Waals surface area contributed by atoms with Crippen LogP contribution in [0.2, 0.25) is 0 Å². The van der Waals surface area contributed by atoms with Gasteiger partial charge in [-0.15, -0.1) is 0 Å². The summed E-state index contributed by atoms with van der Waals surface area (Å²) in [5.74, 6) is 0.794. The van der Waals surface area contributed by atoms with E-state index in [9.17, 15) is 5.11 Å². The third kappa shape index (κ3) is 1.83. The fourth-order valence-electron chi connectivity index (χ4n) is 1.97. The molecule has 1 aliphatic rings. The van der Waals surface area contributed by atoms with E-state index < -0.39 is 0 Å². The van der Waals surface area contributed by atoms with E-state index in [0.29, 0.717) is 0 Å². The predicted octanol–water partition coefficient (Wildman–Crippen LogP) is 3.40. The van der Waals surface area contributed by atoms with E-state index >= 15 is 0 Å². The number of hydrogen-bond acceptors (Lipinski definition) is 1. The number of rotatable bonds is 3. The third-order valence-electron chi connectivity index (χ3n) is 3.28. The molecule has 0 heterocycles. The Morgan fingerprint density at radius 2 is 1.93 bits per heavy atom. The van der Waals surface area contributed by atoms with Crippen molar-refractivity contribution in [3.8, 4) is 0 Å². The summed E-state index contributed by atoms with van der Waals surface area (Å²) in [4.78, 5) is 0. The average molecular weight is 190 g/mol. The largest absolute Gasteiger partial charge is 0.388 e. The molecule has 0 aromatic heterocycles. The van der Waals surface area contributed by atoms with Gasteiger partial charge in [-0.05, 0) is 36.3 Å². The van der Waals surface area contributed by atoms with E-state index in [0.717, 1.165) is 17.9 Å². The van der Waals surface area contributed by atoms with Crippen molar-refractivity contribution in [1.29, 1.82) is 0 Å². The molecule has 0 aliphatic heterocycles. The van der Waals surface area contributed by atoms with Crippen LogP contribution in [-0.4, -0.2) is 5.11 Å². The van der Waals surface area contributed by atoms with Crippen molar-refractivity contribution in [3.63, 3.8) is 0 Å². The van der Waals surface area contributed by atoms with Gasteiger partial charge in [-0.2, -0.15) is 0 Å². The molecular formula is C13H18O. The molecule has 1 atom stereocenters. The lowest BCUT2D eigenvalue weighted by molar-refractivity contribution is 0.173. The zero-order chi connectivity index (χ0) is 9.97. The normalized spacial score (nSPS) is 19.0. The molecule has 1 fully saturated rings. The molecule has 0 spiro atoms. The van der Waals surface area contributed by atoms with Gasteiger partial charge in [0.2, 0.25) is 0 Å². The van der Waals surface area contributed by atoms with Crippen molar-refractivity contribution in [2.45, 2.75) is 44.6 Å². The smallest absolute Gasteiger partial charge is 0.0787 e. The molecule has 1 saturated carbocycles. The molecule has 1 heteroatoms. The molecule has 1 N–H and O–H groups in total. The van der Waals surface area contributed by atoms with Gasteiger partial charge in [-0.1, -0.05) is 37.6 Å². The van der Waals surface area contributed by atoms with Gasteiger partial charge in [0.1, 0.15) is 0 Å². The van der Waals surface area contributed by atoms with E-state index in [1.165, 1.54) is 24.8 Å². The quantitative estimate of drug-likeness (QED) is 0.774. The van der Waals surface area contributed by atoms with Gasteiger partial charge in [0.25, 0.3) is 0 Å². The van der Waals surface area contributed by atoms with E-state index in [1.54, 1.807) is 0 Å². The van der Waals surface area contributed by atoms with Crippen molar-refractivity contribution in [2.24, 2.45) is 0 Å². The SMILES string of the molecule is CCC(O)c1ccc(C2CCC2)cc1. The minimum atomic E-state index is -0.287. The van der Waals surface area contributed by atoms with Crippen LogP contribution in [0.4, 0.5) is 0 Å². The Kier molecular flexibility index (Phi) is 2.87. The summed E-state index contributed by atoms with van der Waals surface area (Å²) in [6, 6.07) is 8.50. The summed E-state index contributed by atoms with van der Waals surface area (Å²) in [7, 11) is 0. The lowest BCUT2D eigenvalue weighted by Crippen LogP contribution is -2.08. The molecule has 0 bridgehead atoms. The monoisotopic (exact) mass is 190 g/mol. The summed E-state index contributed by atoms with van der Waals surface area (Å²) >= 11 is 0. The number of hydrogen-bond donors (Lipinski definition) is 1. The molecule has 0 radical (unpaired) electrons. The lowest BCUT2D eigenvalue weighted by atomic mass is 9.80. The zero-order valence-electron chi connectivity index (χ0n) is 8.74. The maximum absolute atomic E-state index is 9.63. The van der Waals surface area contributed by atoms with E-state index in [1.807, 2.05) is 6.92 Å². The van der Waals surface area contributed by atoms with E-state index in [4.69, 9.17) is 0 Å². The first-order chi connectivity index (χ1) is 6.81. The van der Waals surface area contributed by atoms with Gasteiger partial charge in [-0.25, -0.2) is 0 Å². The van der Waals surface area contributed by atoms with Crippen molar-refractivity contribution in [3.05, 3.63) is 35.4 Å². The second kappa shape index (κ2) is 4.14. The minimum absolute atomic E-state index is 0.287. The maximum Gasteiger partial charge on any atom is 0.0787 e. The van der Waals surface area contributed by atoms with Crippen LogP contribution < -0.4 is 0 Å². The second-order valence-electron chi connectivity index (χ2n) is 4.22. The molecule has 1 aromatic carbocycles. The first-order valence-electron chi connectivity index (χ1n) is 5.59. The van der Waals surface area contributed by atoms with Crippen LogP contribution in [0, 0.1) is 0 Å². The first-order valence-corrected chi connectivity index (χ1v) is 5.59. The molecule has 0 saturated heterocycles.